The van der Waals surface area contributed by atoms with Gasteiger partial charge in [-0.3, -0.25) is 9.69 Å². The molecule has 1 heterocycles. The lowest BCUT2D eigenvalue weighted by atomic mass is 10.1. The van der Waals surface area contributed by atoms with Crippen molar-refractivity contribution >= 4 is 16.0 Å². The third-order valence-electron chi connectivity index (χ3n) is 4.69. The number of piperazine rings is 1. The average Bonchev–Trinajstić information content (AvgIpc) is 3.40. The molecule has 7 nitrogen and oxygen atoms in total. The molecule has 1 N–H and O–H groups in total. The van der Waals surface area contributed by atoms with Crippen molar-refractivity contribution in [2.75, 3.05) is 33.3 Å². The summed E-state index contributed by atoms with van der Waals surface area (Å²) in [6, 6.07) is 5.83. The third kappa shape index (κ3) is 3.40. The standard InChI is InChI=1S/C16H22N2O5S/c1-23-13-4-6-14(7-5-13)24(21,22)18-10-8-17(9-11-18)15(16(19)20)12-2-3-12/h4-7,12,15H,2-3,8-11H2,1H3,(H,19,20). The number of sulfonamides is 1. The van der Waals surface area contributed by atoms with Crippen molar-refractivity contribution in [3.05, 3.63) is 24.3 Å². The van der Waals surface area contributed by atoms with E-state index in [0.717, 1.165) is 12.8 Å². The average molecular weight is 354 g/mol. The predicted octanol–water partition coefficient (Wildman–Crippen LogP) is 0.865. The van der Waals surface area contributed by atoms with Crippen LogP contribution in [0.5, 0.6) is 5.75 Å². The second kappa shape index (κ2) is 6.70. The molecule has 2 fully saturated rings. The Balaban J connectivity index is 1.67. The number of benzene rings is 1. The molecule has 0 aromatic heterocycles. The second-order valence-electron chi connectivity index (χ2n) is 6.24. The van der Waals surface area contributed by atoms with Crippen molar-refractivity contribution in [3.63, 3.8) is 0 Å². The zero-order chi connectivity index (χ0) is 17.3. The summed E-state index contributed by atoms with van der Waals surface area (Å²) in [5, 5.41) is 9.40. The minimum absolute atomic E-state index is 0.215. The normalized spacial score (nSPS) is 21.4. The molecule has 0 amide bonds. The number of aliphatic carboxylic acids is 1. The van der Waals surface area contributed by atoms with Gasteiger partial charge in [-0.25, -0.2) is 8.42 Å². The maximum atomic E-state index is 12.7. The fraction of sp³-hybridized carbons (Fsp3) is 0.562. The van der Waals surface area contributed by atoms with Gasteiger partial charge in [-0.2, -0.15) is 4.31 Å². The second-order valence-corrected chi connectivity index (χ2v) is 8.17. The van der Waals surface area contributed by atoms with Gasteiger partial charge < -0.3 is 9.84 Å². The molecule has 1 saturated heterocycles. The summed E-state index contributed by atoms with van der Waals surface area (Å²) >= 11 is 0. The van der Waals surface area contributed by atoms with Crippen LogP contribution in [0.4, 0.5) is 0 Å². The van der Waals surface area contributed by atoms with E-state index in [4.69, 9.17) is 4.74 Å². The Kier molecular flexibility index (Phi) is 4.80. The highest BCUT2D eigenvalue weighted by Crippen LogP contribution is 2.36. The van der Waals surface area contributed by atoms with Crippen molar-refractivity contribution < 1.29 is 23.1 Å². The molecule has 1 unspecified atom stereocenters. The number of hydrogen-bond acceptors (Lipinski definition) is 5. The zero-order valence-corrected chi connectivity index (χ0v) is 14.4. The van der Waals surface area contributed by atoms with Crippen LogP contribution in [0.3, 0.4) is 0 Å². The highest BCUT2D eigenvalue weighted by atomic mass is 32.2. The van der Waals surface area contributed by atoms with E-state index in [0.29, 0.717) is 31.9 Å². The number of methoxy groups -OCH3 is 1. The lowest BCUT2D eigenvalue weighted by Crippen LogP contribution is -2.54. The van der Waals surface area contributed by atoms with Crippen molar-refractivity contribution in [1.29, 1.82) is 0 Å². The van der Waals surface area contributed by atoms with Crippen LogP contribution in [0.2, 0.25) is 0 Å². The summed E-state index contributed by atoms with van der Waals surface area (Å²) in [7, 11) is -2.03. The number of ether oxygens (including phenoxy) is 1. The Morgan fingerprint density at radius 3 is 2.21 bits per heavy atom. The van der Waals surface area contributed by atoms with E-state index in [1.54, 1.807) is 12.1 Å². The topological polar surface area (TPSA) is 87.2 Å². The summed E-state index contributed by atoms with van der Waals surface area (Å²) in [6.45, 7) is 1.52. The molecule has 1 atom stereocenters. The molecule has 0 radical (unpaired) electrons. The number of hydrogen-bond donors (Lipinski definition) is 1. The van der Waals surface area contributed by atoms with Crippen LogP contribution < -0.4 is 4.74 Å². The van der Waals surface area contributed by atoms with Crippen LogP contribution >= 0.6 is 0 Å². The lowest BCUT2D eigenvalue weighted by Gasteiger charge is -2.37. The molecule has 8 heteroatoms. The van der Waals surface area contributed by atoms with Crippen LogP contribution in [-0.4, -0.2) is 68.0 Å². The van der Waals surface area contributed by atoms with Gasteiger partial charge >= 0.3 is 5.97 Å². The SMILES string of the molecule is COc1ccc(S(=O)(=O)N2CCN(C(C(=O)O)C3CC3)CC2)cc1. The summed E-state index contributed by atoms with van der Waals surface area (Å²) in [5.74, 6) is 0.0173. The lowest BCUT2D eigenvalue weighted by molar-refractivity contribution is -0.144. The molecular formula is C16H22N2O5S. The van der Waals surface area contributed by atoms with Crippen LogP contribution in [0.25, 0.3) is 0 Å². The van der Waals surface area contributed by atoms with Gasteiger partial charge in [0.25, 0.3) is 0 Å². The minimum atomic E-state index is -3.56. The zero-order valence-electron chi connectivity index (χ0n) is 13.6. The van der Waals surface area contributed by atoms with Crippen molar-refractivity contribution in [3.8, 4) is 5.75 Å². The van der Waals surface area contributed by atoms with Crippen molar-refractivity contribution in [1.82, 2.24) is 9.21 Å². The van der Waals surface area contributed by atoms with E-state index in [9.17, 15) is 18.3 Å². The molecule has 1 saturated carbocycles. The molecule has 0 bridgehead atoms. The summed E-state index contributed by atoms with van der Waals surface area (Å²) in [5.41, 5.74) is 0. The molecule has 0 spiro atoms. The summed E-state index contributed by atoms with van der Waals surface area (Å²) in [4.78, 5) is 13.6. The maximum Gasteiger partial charge on any atom is 0.321 e. The van der Waals surface area contributed by atoms with Gasteiger partial charge in [0.15, 0.2) is 0 Å². The summed E-state index contributed by atoms with van der Waals surface area (Å²) < 4.78 is 31.9. The molecule has 2 aliphatic rings. The maximum absolute atomic E-state index is 12.7. The Hall–Kier alpha value is -1.64. The van der Waals surface area contributed by atoms with Gasteiger partial charge in [-0.1, -0.05) is 0 Å². The van der Waals surface area contributed by atoms with Gasteiger partial charge in [-0.15, -0.1) is 0 Å². The monoisotopic (exact) mass is 354 g/mol. The first-order chi connectivity index (χ1) is 11.4. The fourth-order valence-corrected chi connectivity index (χ4v) is 4.61. The quantitative estimate of drug-likeness (QED) is 0.815. The molecule has 3 rings (SSSR count). The van der Waals surface area contributed by atoms with Crippen LogP contribution in [0.1, 0.15) is 12.8 Å². The smallest absolute Gasteiger partial charge is 0.321 e. The van der Waals surface area contributed by atoms with E-state index in [-0.39, 0.29) is 10.8 Å². The molecular weight excluding hydrogens is 332 g/mol. The van der Waals surface area contributed by atoms with Gasteiger partial charge in [0.2, 0.25) is 10.0 Å². The van der Waals surface area contributed by atoms with Gasteiger partial charge in [-0.05, 0) is 43.0 Å². The molecule has 1 aliphatic heterocycles. The number of nitrogens with zero attached hydrogens (tertiary/aromatic N) is 2. The number of carboxylic acids is 1. The molecule has 132 valence electrons. The van der Waals surface area contributed by atoms with Crippen LogP contribution in [-0.2, 0) is 14.8 Å². The van der Waals surface area contributed by atoms with E-state index >= 15 is 0 Å². The Bertz CT molecular complexity index is 692. The third-order valence-corrected chi connectivity index (χ3v) is 6.60. The largest absolute Gasteiger partial charge is 0.497 e. The number of rotatable bonds is 6. The Morgan fingerprint density at radius 1 is 1.17 bits per heavy atom. The van der Waals surface area contributed by atoms with E-state index in [1.807, 2.05) is 4.90 Å². The highest BCUT2D eigenvalue weighted by molar-refractivity contribution is 7.89. The minimum Gasteiger partial charge on any atom is -0.497 e. The first-order valence-corrected chi connectivity index (χ1v) is 9.48. The van der Waals surface area contributed by atoms with Crippen molar-refractivity contribution in [2.45, 2.75) is 23.8 Å². The Labute approximate surface area is 141 Å². The van der Waals surface area contributed by atoms with Gasteiger partial charge in [0.1, 0.15) is 11.8 Å². The van der Waals surface area contributed by atoms with E-state index < -0.39 is 22.0 Å². The fourth-order valence-electron chi connectivity index (χ4n) is 3.19. The van der Waals surface area contributed by atoms with E-state index in [1.165, 1.54) is 23.5 Å². The number of carboxylic acid groups (broad SMARTS) is 1. The summed E-state index contributed by atoms with van der Waals surface area (Å²) in [6.07, 6.45) is 1.89. The number of carbonyl (C=O) groups is 1. The highest BCUT2D eigenvalue weighted by Gasteiger charge is 2.42. The molecule has 24 heavy (non-hydrogen) atoms. The predicted molar refractivity (Wildman–Crippen MR) is 87.5 cm³/mol. The van der Waals surface area contributed by atoms with Crippen LogP contribution in [0, 0.1) is 5.92 Å². The Morgan fingerprint density at radius 2 is 1.75 bits per heavy atom. The van der Waals surface area contributed by atoms with Crippen LogP contribution in [0.15, 0.2) is 29.2 Å². The molecule has 1 aliphatic carbocycles. The molecule has 1 aromatic rings. The first-order valence-electron chi connectivity index (χ1n) is 8.04. The van der Waals surface area contributed by atoms with E-state index in [2.05, 4.69) is 0 Å². The first kappa shape index (κ1) is 17.2. The van der Waals surface area contributed by atoms with Gasteiger partial charge in [0.05, 0.1) is 12.0 Å². The molecule has 1 aromatic carbocycles. The van der Waals surface area contributed by atoms with Crippen molar-refractivity contribution in [2.24, 2.45) is 5.92 Å². The van der Waals surface area contributed by atoms with Gasteiger partial charge in [0, 0.05) is 26.2 Å².